The number of benzene rings is 3. The fraction of sp³-hybridized carbons (Fsp3) is 0.208. The molecule has 0 unspecified atom stereocenters. The van der Waals surface area contributed by atoms with Crippen LogP contribution in [0.2, 0.25) is 0 Å². The molecule has 0 aliphatic rings. The van der Waals surface area contributed by atoms with Crippen molar-refractivity contribution in [1.82, 2.24) is 10.0 Å². The maximum atomic E-state index is 12.5. The lowest BCUT2D eigenvalue weighted by Crippen LogP contribution is -2.24. The Bertz CT molecular complexity index is 1140. The predicted octanol–water partition coefficient (Wildman–Crippen LogP) is 4.02. The predicted molar refractivity (Wildman–Crippen MR) is 119 cm³/mol. The lowest BCUT2D eigenvalue weighted by Gasteiger charge is -2.10. The largest absolute Gasteiger partial charge is 0.348 e. The van der Waals surface area contributed by atoms with Gasteiger partial charge in [-0.2, -0.15) is 0 Å². The minimum Gasteiger partial charge on any atom is -0.348 e. The number of hydrogen-bond donors (Lipinski definition) is 2. The van der Waals surface area contributed by atoms with Crippen LogP contribution < -0.4 is 10.0 Å². The maximum absolute atomic E-state index is 12.5. The third-order valence-corrected chi connectivity index (χ3v) is 6.44. The first-order chi connectivity index (χ1) is 14.2. The van der Waals surface area contributed by atoms with Gasteiger partial charge in [-0.25, -0.2) is 13.1 Å². The second-order valence-corrected chi connectivity index (χ2v) is 9.20. The van der Waals surface area contributed by atoms with Crippen molar-refractivity contribution >= 4 is 15.9 Å². The molecule has 0 aromatic heterocycles. The molecule has 30 heavy (non-hydrogen) atoms. The van der Waals surface area contributed by atoms with Crippen molar-refractivity contribution in [3.05, 3.63) is 100 Å². The zero-order chi connectivity index (χ0) is 21.7. The summed E-state index contributed by atoms with van der Waals surface area (Å²) in [6.07, 6.45) is 0. The summed E-state index contributed by atoms with van der Waals surface area (Å²) in [6, 6.07) is 20.0. The average Bonchev–Trinajstić information content (AvgIpc) is 2.74. The molecule has 0 saturated heterocycles. The Labute approximate surface area is 178 Å². The van der Waals surface area contributed by atoms with Crippen LogP contribution in [0.25, 0.3) is 0 Å². The first-order valence-corrected chi connectivity index (χ1v) is 11.2. The van der Waals surface area contributed by atoms with E-state index in [2.05, 4.69) is 10.0 Å². The number of carbonyl (C=O) groups is 1. The Hall–Kier alpha value is -2.96. The van der Waals surface area contributed by atoms with Crippen LogP contribution in [-0.4, -0.2) is 14.3 Å². The van der Waals surface area contributed by atoms with Crippen LogP contribution in [0.15, 0.2) is 71.6 Å². The Kier molecular flexibility index (Phi) is 6.70. The van der Waals surface area contributed by atoms with Gasteiger partial charge in [-0.15, -0.1) is 0 Å². The van der Waals surface area contributed by atoms with E-state index < -0.39 is 10.0 Å². The smallest absolute Gasteiger partial charge is 0.251 e. The molecule has 0 fully saturated rings. The number of sulfonamides is 1. The third kappa shape index (κ3) is 5.55. The number of amides is 1. The maximum Gasteiger partial charge on any atom is 0.251 e. The molecule has 3 aromatic rings. The standard InChI is InChI=1S/C24H26N2O3S/c1-17-4-7-20(8-5-17)15-25-24(27)22-11-9-21(10-12-22)16-26-30(28,29)23-13-6-18(2)19(3)14-23/h4-14,26H,15-16H2,1-3H3,(H,25,27). The van der Waals surface area contributed by atoms with Crippen molar-refractivity contribution in [1.29, 1.82) is 0 Å². The fourth-order valence-corrected chi connectivity index (χ4v) is 4.01. The fourth-order valence-electron chi connectivity index (χ4n) is 2.91. The number of carbonyl (C=O) groups excluding carboxylic acids is 1. The molecule has 5 nitrogen and oxygen atoms in total. The van der Waals surface area contributed by atoms with Gasteiger partial charge >= 0.3 is 0 Å². The Balaban J connectivity index is 1.57. The van der Waals surface area contributed by atoms with E-state index in [1.54, 1.807) is 42.5 Å². The normalized spacial score (nSPS) is 11.3. The second kappa shape index (κ2) is 9.24. The highest BCUT2D eigenvalue weighted by Gasteiger charge is 2.14. The van der Waals surface area contributed by atoms with Gasteiger partial charge in [-0.3, -0.25) is 4.79 Å². The highest BCUT2D eigenvalue weighted by atomic mass is 32.2. The van der Waals surface area contributed by atoms with Gasteiger partial charge in [0, 0.05) is 18.7 Å². The highest BCUT2D eigenvalue weighted by molar-refractivity contribution is 7.89. The van der Waals surface area contributed by atoms with Crippen molar-refractivity contribution < 1.29 is 13.2 Å². The van der Waals surface area contributed by atoms with E-state index in [1.165, 1.54) is 5.56 Å². The van der Waals surface area contributed by atoms with Gasteiger partial charge in [0.15, 0.2) is 0 Å². The van der Waals surface area contributed by atoms with Gasteiger partial charge in [-0.1, -0.05) is 48.0 Å². The summed E-state index contributed by atoms with van der Waals surface area (Å²) in [4.78, 5) is 12.6. The third-order valence-electron chi connectivity index (χ3n) is 5.04. The average molecular weight is 423 g/mol. The summed E-state index contributed by atoms with van der Waals surface area (Å²) in [5.41, 5.74) is 5.49. The van der Waals surface area contributed by atoms with E-state index in [9.17, 15) is 13.2 Å². The first-order valence-electron chi connectivity index (χ1n) is 9.74. The Morgan fingerprint density at radius 3 is 2.00 bits per heavy atom. The summed E-state index contributed by atoms with van der Waals surface area (Å²) < 4.78 is 27.6. The van der Waals surface area contributed by atoms with E-state index in [1.807, 2.05) is 45.0 Å². The first kappa shape index (κ1) is 21.7. The van der Waals surface area contributed by atoms with E-state index in [4.69, 9.17) is 0 Å². The molecule has 0 saturated carbocycles. The number of aryl methyl sites for hydroxylation is 3. The lowest BCUT2D eigenvalue weighted by atomic mass is 10.1. The van der Waals surface area contributed by atoms with Crippen molar-refractivity contribution in [2.24, 2.45) is 0 Å². The van der Waals surface area contributed by atoms with Gasteiger partial charge in [0.2, 0.25) is 10.0 Å². The van der Waals surface area contributed by atoms with E-state index in [-0.39, 0.29) is 17.3 Å². The van der Waals surface area contributed by atoms with Crippen molar-refractivity contribution in [2.75, 3.05) is 0 Å². The Morgan fingerprint density at radius 2 is 1.37 bits per heavy atom. The molecule has 0 atom stereocenters. The number of rotatable bonds is 7. The molecule has 0 aliphatic heterocycles. The molecule has 0 spiro atoms. The minimum atomic E-state index is -3.60. The van der Waals surface area contributed by atoms with Gasteiger partial charge in [0.25, 0.3) is 5.91 Å². The van der Waals surface area contributed by atoms with Crippen molar-refractivity contribution in [2.45, 2.75) is 38.8 Å². The zero-order valence-corrected chi connectivity index (χ0v) is 18.2. The van der Waals surface area contributed by atoms with E-state index >= 15 is 0 Å². The van der Waals surface area contributed by atoms with Gasteiger partial charge in [0.05, 0.1) is 4.90 Å². The molecule has 2 N–H and O–H groups in total. The molecule has 0 heterocycles. The molecular formula is C24H26N2O3S. The minimum absolute atomic E-state index is 0.153. The van der Waals surface area contributed by atoms with Crippen LogP contribution >= 0.6 is 0 Å². The van der Waals surface area contributed by atoms with Gasteiger partial charge < -0.3 is 5.32 Å². The SMILES string of the molecule is Cc1ccc(CNC(=O)c2ccc(CNS(=O)(=O)c3ccc(C)c(C)c3)cc2)cc1. The second-order valence-electron chi connectivity index (χ2n) is 7.44. The van der Waals surface area contributed by atoms with Crippen LogP contribution in [0.4, 0.5) is 0 Å². The molecule has 0 bridgehead atoms. The van der Waals surface area contributed by atoms with Crippen LogP contribution in [-0.2, 0) is 23.1 Å². The highest BCUT2D eigenvalue weighted by Crippen LogP contribution is 2.15. The van der Waals surface area contributed by atoms with E-state index in [0.717, 1.165) is 22.3 Å². The topological polar surface area (TPSA) is 75.3 Å². The Morgan fingerprint density at radius 1 is 0.767 bits per heavy atom. The molecular weight excluding hydrogens is 396 g/mol. The summed E-state index contributed by atoms with van der Waals surface area (Å²) in [5, 5.41) is 2.89. The van der Waals surface area contributed by atoms with Crippen molar-refractivity contribution in [3.8, 4) is 0 Å². The van der Waals surface area contributed by atoms with Crippen LogP contribution in [0.5, 0.6) is 0 Å². The lowest BCUT2D eigenvalue weighted by molar-refractivity contribution is 0.0951. The molecule has 0 aliphatic carbocycles. The zero-order valence-electron chi connectivity index (χ0n) is 17.4. The molecule has 1 amide bonds. The molecule has 6 heteroatoms. The number of nitrogens with one attached hydrogen (secondary N) is 2. The van der Waals surface area contributed by atoms with Gasteiger partial charge in [0.1, 0.15) is 0 Å². The molecule has 156 valence electrons. The van der Waals surface area contributed by atoms with E-state index in [0.29, 0.717) is 12.1 Å². The quantitative estimate of drug-likeness (QED) is 0.604. The molecule has 3 rings (SSSR count). The van der Waals surface area contributed by atoms with Crippen LogP contribution in [0.1, 0.15) is 38.2 Å². The van der Waals surface area contributed by atoms with Crippen molar-refractivity contribution in [3.63, 3.8) is 0 Å². The summed E-state index contributed by atoms with van der Waals surface area (Å²) in [5.74, 6) is -0.169. The van der Waals surface area contributed by atoms with Crippen LogP contribution in [0, 0.1) is 20.8 Å². The summed E-state index contributed by atoms with van der Waals surface area (Å²) in [6.45, 7) is 6.46. The van der Waals surface area contributed by atoms with Gasteiger partial charge in [-0.05, 0) is 67.3 Å². The number of hydrogen-bond acceptors (Lipinski definition) is 3. The van der Waals surface area contributed by atoms with Crippen LogP contribution in [0.3, 0.4) is 0 Å². The molecule has 0 radical (unpaired) electrons. The summed E-state index contributed by atoms with van der Waals surface area (Å²) in [7, 11) is -3.60. The molecule has 3 aromatic carbocycles. The monoisotopic (exact) mass is 422 g/mol. The summed E-state index contributed by atoms with van der Waals surface area (Å²) >= 11 is 0.